The zero-order valence-corrected chi connectivity index (χ0v) is 13.3. The number of carbonyl (C=O) groups is 1. The Bertz CT molecular complexity index is 622. The summed E-state index contributed by atoms with van der Waals surface area (Å²) in [5.74, 6) is 0.510. The van der Waals surface area contributed by atoms with E-state index in [9.17, 15) is 4.79 Å². The molecule has 22 heavy (non-hydrogen) atoms. The van der Waals surface area contributed by atoms with E-state index >= 15 is 0 Å². The normalized spacial score (nSPS) is 10.3. The number of hydrogen-bond acceptors (Lipinski definition) is 2. The molecule has 0 radical (unpaired) electrons. The van der Waals surface area contributed by atoms with E-state index in [2.05, 4.69) is 19.2 Å². The lowest BCUT2D eigenvalue weighted by Gasteiger charge is -2.13. The summed E-state index contributed by atoms with van der Waals surface area (Å²) < 4.78 is 5.73. The van der Waals surface area contributed by atoms with Crippen molar-refractivity contribution in [2.24, 2.45) is 0 Å². The molecule has 0 heterocycles. The number of hydrogen-bond donors (Lipinski definition) is 1. The first-order chi connectivity index (χ1) is 10.8. The Balaban J connectivity index is 2.15. The molecular weight excluding hydrogens is 274 g/mol. The lowest BCUT2D eigenvalue weighted by Crippen LogP contribution is -2.15. The first kappa shape index (κ1) is 16.1. The molecule has 0 aliphatic heterocycles. The van der Waals surface area contributed by atoms with E-state index in [0.717, 1.165) is 30.5 Å². The molecule has 0 fully saturated rings. The van der Waals surface area contributed by atoms with Crippen LogP contribution in [0.4, 0.5) is 5.69 Å². The van der Waals surface area contributed by atoms with Crippen molar-refractivity contribution in [2.75, 3.05) is 11.9 Å². The maximum Gasteiger partial charge on any atom is 0.259 e. The molecule has 116 valence electrons. The van der Waals surface area contributed by atoms with Gasteiger partial charge in [-0.3, -0.25) is 4.79 Å². The van der Waals surface area contributed by atoms with Gasteiger partial charge in [0.25, 0.3) is 5.91 Å². The Morgan fingerprint density at radius 3 is 2.55 bits per heavy atom. The second kappa shape index (κ2) is 8.23. The van der Waals surface area contributed by atoms with E-state index in [1.807, 2.05) is 42.5 Å². The number of unbranched alkanes of at least 4 members (excludes halogenated alkanes) is 1. The number of ether oxygens (including phenoxy) is 1. The van der Waals surface area contributed by atoms with Gasteiger partial charge in [0.2, 0.25) is 0 Å². The summed E-state index contributed by atoms with van der Waals surface area (Å²) in [5, 5.41) is 2.99. The van der Waals surface area contributed by atoms with Crippen molar-refractivity contribution in [1.29, 1.82) is 0 Å². The molecule has 2 rings (SSSR count). The van der Waals surface area contributed by atoms with Crippen LogP contribution in [0.2, 0.25) is 0 Å². The first-order valence-corrected chi connectivity index (χ1v) is 7.87. The van der Waals surface area contributed by atoms with Gasteiger partial charge in [0, 0.05) is 5.69 Å². The third kappa shape index (κ3) is 4.10. The van der Waals surface area contributed by atoms with Crippen LogP contribution in [0.25, 0.3) is 0 Å². The molecule has 0 saturated carbocycles. The van der Waals surface area contributed by atoms with Crippen LogP contribution in [0.5, 0.6) is 5.75 Å². The molecule has 2 aromatic rings. The average molecular weight is 297 g/mol. The van der Waals surface area contributed by atoms with E-state index in [0.29, 0.717) is 17.9 Å². The summed E-state index contributed by atoms with van der Waals surface area (Å²) in [6, 6.07) is 15.2. The zero-order valence-electron chi connectivity index (χ0n) is 13.3. The molecule has 2 aromatic carbocycles. The number of nitrogens with one attached hydrogen (secondary N) is 1. The summed E-state index contributed by atoms with van der Waals surface area (Å²) in [7, 11) is 0. The topological polar surface area (TPSA) is 38.3 Å². The Kier molecular flexibility index (Phi) is 6.01. The summed E-state index contributed by atoms with van der Waals surface area (Å²) in [6.45, 7) is 4.82. The zero-order chi connectivity index (χ0) is 15.8. The fourth-order valence-corrected chi connectivity index (χ4v) is 2.25. The molecule has 0 saturated heterocycles. The quantitative estimate of drug-likeness (QED) is 0.753. The van der Waals surface area contributed by atoms with Crippen LogP contribution < -0.4 is 10.1 Å². The lowest BCUT2D eigenvalue weighted by molar-refractivity contribution is 0.102. The van der Waals surface area contributed by atoms with Gasteiger partial charge >= 0.3 is 0 Å². The van der Waals surface area contributed by atoms with Crippen LogP contribution in [-0.4, -0.2) is 12.5 Å². The van der Waals surface area contributed by atoms with Crippen molar-refractivity contribution in [2.45, 2.75) is 33.1 Å². The largest absolute Gasteiger partial charge is 0.493 e. The van der Waals surface area contributed by atoms with Crippen LogP contribution in [-0.2, 0) is 6.42 Å². The molecule has 0 aromatic heterocycles. The molecule has 0 aliphatic rings. The highest BCUT2D eigenvalue weighted by Gasteiger charge is 2.13. The van der Waals surface area contributed by atoms with Crippen LogP contribution >= 0.6 is 0 Å². The van der Waals surface area contributed by atoms with Gasteiger partial charge in [0.15, 0.2) is 0 Å². The molecule has 0 atom stereocenters. The fourth-order valence-electron chi connectivity index (χ4n) is 2.25. The summed E-state index contributed by atoms with van der Waals surface area (Å²) in [4.78, 5) is 12.5. The molecule has 1 amide bonds. The van der Waals surface area contributed by atoms with Crippen molar-refractivity contribution >= 4 is 11.6 Å². The maximum atomic E-state index is 12.5. The highest BCUT2D eigenvalue weighted by Crippen LogP contribution is 2.22. The van der Waals surface area contributed by atoms with Gasteiger partial charge in [0.1, 0.15) is 5.75 Å². The van der Waals surface area contributed by atoms with Crippen LogP contribution in [0.3, 0.4) is 0 Å². The number of amides is 1. The van der Waals surface area contributed by atoms with E-state index in [1.165, 1.54) is 0 Å². The minimum Gasteiger partial charge on any atom is -0.493 e. The predicted octanol–water partition coefficient (Wildman–Crippen LogP) is 4.68. The van der Waals surface area contributed by atoms with E-state index in [4.69, 9.17) is 4.74 Å². The molecule has 3 heteroatoms. The molecular formula is C19H23NO2. The Hall–Kier alpha value is -2.29. The number of carbonyl (C=O) groups excluding carboxylic acids is 1. The molecule has 0 unspecified atom stereocenters. The number of rotatable bonds is 7. The van der Waals surface area contributed by atoms with E-state index in [1.54, 1.807) is 6.07 Å². The number of aryl methyl sites for hydroxylation is 1. The SMILES string of the molecule is CCCCOc1ccccc1C(=O)Nc1ccccc1CC. The van der Waals surface area contributed by atoms with Crippen molar-refractivity contribution in [3.05, 3.63) is 59.7 Å². The Morgan fingerprint density at radius 1 is 1.05 bits per heavy atom. The van der Waals surface area contributed by atoms with Crippen molar-refractivity contribution in [3.8, 4) is 5.75 Å². The molecule has 0 bridgehead atoms. The van der Waals surface area contributed by atoms with Crippen LogP contribution in [0, 0.1) is 0 Å². The molecule has 0 aliphatic carbocycles. The van der Waals surface area contributed by atoms with Gasteiger partial charge < -0.3 is 10.1 Å². The second-order valence-electron chi connectivity index (χ2n) is 5.16. The lowest BCUT2D eigenvalue weighted by atomic mass is 10.1. The summed E-state index contributed by atoms with van der Waals surface area (Å²) in [6.07, 6.45) is 2.93. The van der Waals surface area contributed by atoms with Gasteiger partial charge in [-0.1, -0.05) is 50.6 Å². The smallest absolute Gasteiger partial charge is 0.259 e. The third-order valence-electron chi connectivity index (χ3n) is 3.53. The molecule has 3 nitrogen and oxygen atoms in total. The highest BCUT2D eigenvalue weighted by atomic mass is 16.5. The average Bonchev–Trinajstić information content (AvgIpc) is 2.56. The van der Waals surface area contributed by atoms with Gasteiger partial charge in [-0.2, -0.15) is 0 Å². The Morgan fingerprint density at radius 2 is 1.77 bits per heavy atom. The highest BCUT2D eigenvalue weighted by molar-refractivity contribution is 6.06. The molecule has 1 N–H and O–H groups in total. The summed E-state index contributed by atoms with van der Waals surface area (Å²) in [5.41, 5.74) is 2.56. The maximum absolute atomic E-state index is 12.5. The Labute approximate surface area is 132 Å². The van der Waals surface area contributed by atoms with Gasteiger partial charge in [-0.15, -0.1) is 0 Å². The van der Waals surface area contributed by atoms with Gasteiger partial charge in [-0.05, 0) is 36.6 Å². The van der Waals surface area contributed by atoms with Crippen molar-refractivity contribution < 1.29 is 9.53 Å². The minimum absolute atomic E-state index is 0.131. The van der Waals surface area contributed by atoms with Gasteiger partial charge in [-0.25, -0.2) is 0 Å². The van der Waals surface area contributed by atoms with Crippen LogP contribution in [0.15, 0.2) is 48.5 Å². The monoisotopic (exact) mass is 297 g/mol. The number of para-hydroxylation sites is 2. The standard InChI is InChI=1S/C19H23NO2/c1-3-5-14-22-18-13-9-7-11-16(18)19(21)20-17-12-8-6-10-15(17)4-2/h6-13H,3-5,14H2,1-2H3,(H,20,21). The van der Waals surface area contributed by atoms with Crippen LogP contribution in [0.1, 0.15) is 42.6 Å². The third-order valence-corrected chi connectivity index (χ3v) is 3.53. The minimum atomic E-state index is -0.131. The second-order valence-corrected chi connectivity index (χ2v) is 5.16. The number of benzene rings is 2. The van der Waals surface area contributed by atoms with Crippen molar-refractivity contribution in [3.63, 3.8) is 0 Å². The summed E-state index contributed by atoms with van der Waals surface area (Å²) >= 11 is 0. The van der Waals surface area contributed by atoms with E-state index < -0.39 is 0 Å². The van der Waals surface area contributed by atoms with Crippen molar-refractivity contribution in [1.82, 2.24) is 0 Å². The molecule has 0 spiro atoms. The van der Waals surface area contributed by atoms with E-state index in [-0.39, 0.29) is 5.91 Å². The predicted molar refractivity (Wildman–Crippen MR) is 90.6 cm³/mol. The fraction of sp³-hybridized carbons (Fsp3) is 0.316. The van der Waals surface area contributed by atoms with Gasteiger partial charge in [0.05, 0.1) is 12.2 Å². The number of anilines is 1. The first-order valence-electron chi connectivity index (χ1n) is 7.87.